The van der Waals surface area contributed by atoms with Gasteiger partial charge in [-0.1, -0.05) is 25.0 Å². The second-order valence-electron chi connectivity index (χ2n) is 6.45. The highest BCUT2D eigenvalue weighted by Gasteiger charge is 2.38. The first kappa shape index (κ1) is 15.9. The fraction of sp³-hybridized carbons (Fsp3) is 0.529. The van der Waals surface area contributed by atoms with Gasteiger partial charge in [-0.25, -0.2) is 4.39 Å². The van der Waals surface area contributed by atoms with Gasteiger partial charge in [-0.2, -0.15) is 0 Å². The van der Waals surface area contributed by atoms with Crippen LogP contribution in [0.2, 0.25) is 0 Å². The van der Waals surface area contributed by atoms with Gasteiger partial charge in [0.15, 0.2) is 0 Å². The van der Waals surface area contributed by atoms with Gasteiger partial charge in [0.2, 0.25) is 11.8 Å². The summed E-state index contributed by atoms with van der Waals surface area (Å²) in [5.74, 6) is -0.0429. The van der Waals surface area contributed by atoms with Crippen LogP contribution in [0.25, 0.3) is 0 Å². The predicted molar refractivity (Wildman–Crippen MR) is 83.9 cm³/mol. The summed E-state index contributed by atoms with van der Waals surface area (Å²) in [6.45, 7) is 0.966. The van der Waals surface area contributed by atoms with Crippen molar-refractivity contribution in [1.29, 1.82) is 0 Å². The van der Waals surface area contributed by atoms with Crippen LogP contribution in [0.4, 0.5) is 4.39 Å². The number of amides is 2. The van der Waals surface area contributed by atoms with Gasteiger partial charge in [0.25, 0.3) is 0 Å². The standard InChI is InChI=1S/C17H22FN3O2/c18-13-5-3-11(4-6-13)9-14(19)17(23)21-8-7-20-16(22)15(21)10-12-1-2-12/h3-6,12,14-15H,1-2,7-10,19H2,(H,20,22). The molecule has 1 heterocycles. The molecule has 1 saturated carbocycles. The van der Waals surface area contributed by atoms with E-state index in [1.165, 1.54) is 12.1 Å². The lowest BCUT2D eigenvalue weighted by molar-refractivity contribution is -0.144. The summed E-state index contributed by atoms with van der Waals surface area (Å²) >= 11 is 0. The lowest BCUT2D eigenvalue weighted by Crippen LogP contribution is -2.60. The molecule has 1 aromatic carbocycles. The van der Waals surface area contributed by atoms with Crippen LogP contribution in [-0.2, 0) is 16.0 Å². The summed E-state index contributed by atoms with van der Waals surface area (Å²) in [5.41, 5.74) is 6.87. The summed E-state index contributed by atoms with van der Waals surface area (Å²) in [4.78, 5) is 26.4. The van der Waals surface area contributed by atoms with Crippen molar-refractivity contribution < 1.29 is 14.0 Å². The van der Waals surface area contributed by atoms with Gasteiger partial charge >= 0.3 is 0 Å². The monoisotopic (exact) mass is 319 g/mol. The van der Waals surface area contributed by atoms with Gasteiger partial charge in [0, 0.05) is 13.1 Å². The van der Waals surface area contributed by atoms with Crippen molar-refractivity contribution in [2.45, 2.75) is 37.8 Å². The summed E-state index contributed by atoms with van der Waals surface area (Å²) in [7, 11) is 0. The van der Waals surface area contributed by atoms with E-state index >= 15 is 0 Å². The summed E-state index contributed by atoms with van der Waals surface area (Å²) in [6.07, 6.45) is 3.33. The molecule has 2 atom stereocenters. The van der Waals surface area contributed by atoms with Gasteiger partial charge < -0.3 is 16.0 Å². The third-order valence-electron chi connectivity index (χ3n) is 4.55. The highest BCUT2D eigenvalue weighted by molar-refractivity contribution is 5.91. The van der Waals surface area contributed by atoms with Crippen molar-refractivity contribution in [3.63, 3.8) is 0 Å². The number of carbonyl (C=O) groups is 2. The van der Waals surface area contributed by atoms with E-state index in [-0.39, 0.29) is 17.6 Å². The fourth-order valence-corrected chi connectivity index (χ4v) is 3.06. The van der Waals surface area contributed by atoms with Gasteiger partial charge in [-0.05, 0) is 36.5 Å². The fourth-order valence-electron chi connectivity index (χ4n) is 3.06. The van der Waals surface area contributed by atoms with E-state index in [1.54, 1.807) is 17.0 Å². The van der Waals surface area contributed by atoms with Gasteiger partial charge in [-0.15, -0.1) is 0 Å². The van der Waals surface area contributed by atoms with Crippen molar-refractivity contribution in [2.24, 2.45) is 11.7 Å². The molecule has 0 radical (unpaired) electrons. The number of nitrogens with two attached hydrogens (primary N) is 1. The summed E-state index contributed by atoms with van der Waals surface area (Å²) < 4.78 is 12.9. The van der Waals surface area contributed by atoms with E-state index in [1.807, 2.05) is 0 Å². The van der Waals surface area contributed by atoms with Crippen LogP contribution >= 0.6 is 0 Å². The topological polar surface area (TPSA) is 75.4 Å². The Morgan fingerprint density at radius 2 is 2.04 bits per heavy atom. The lowest BCUT2D eigenvalue weighted by atomic mass is 10.0. The highest BCUT2D eigenvalue weighted by atomic mass is 19.1. The first-order chi connectivity index (χ1) is 11.0. The van der Waals surface area contributed by atoms with Crippen molar-refractivity contribution in [1.82, 2.24) is 10.2 Å². The molecule has 1 aromatic rings. The zero-order chi connectivity index (χ0) is 16.4. The number of piperazine rings is 1. The minimum atomic E-state index is -0.715. The zero-order valence-electron chi connectivity index (χ0n) is 13.0. The minimum absolute atomic E-state index is 0.0783. The molecule has 0 spiro atoms. The molecule has 0 bridgehead atoms. The molecule has 124 valence electrons. The Morgan fingerprint density at radius 3 is 2.70 bits per heavy atom. The Bertz CT molecular complexity index is 586. The van der Waals surface area contributed by atoms with Gasteiger partial charge in [-0.3, -0.25) is 9.59 Å². The van der Waals surface area contributed by atoms with Crippen LogP contribution in [0.5, 0.6) is 0 Å². The summed E-state index contributed by atoms with van der Waals surface area (Å²) in [6, 6.07) is 4.87. The minimum Gasteiger partial charge on any atom is -0.353 e. The maximum Gasteiger partial charge on any atom is 0.242 e. The van der Waals surface area contributed by atoms with E-state index in [0.717, 1.165) is 24.8 Å². The molecule has 0 aromatic heterocycles. The van der Waals surface area contributed by atoms with Gasteiger partial charge in [0.05, 0.1) is 6.04 Å². The molecule has 2 amide bonds. The molecule has 1 aliphatic carbocycles. The SMILES string of the molecule is NC(Cc1ccc(F)cc1)C(=O)N1CCNC(=O)C1CC1CC1. The van der Waals surface area contributed by atoms with Crippen LogP contribution < -0.4 is 11.1 Å². The highest BCUT2D eigenvalue weighted by Crippen LogP contribution is 2.35. The smallest absolute Gasteiger partial charge is 0.242 e. The van der Waals surface area contributed by atoms with Crippen molar-refractivity contribution in [2.75, 3.05) is 13.1 Å². The molecular weight excluding hydrogens is 297 g/mol. The Kier molecular flexibility index (Phi) is 4.61. The van der Waals surface area contributed by atoms with Crippen molar-refractivity contribution in [3.8, 4) is 0 Å². The average molecular weight is 319 g/mol. The number of carbonyl (C=O) groups excluding carboxylic acids is 2. The largest absolute Gasteiger partial charge is 0.353 e. The molecule has 3 rings (SSSR count). The molecule has 5 nitrogen and oxygen atoms in total. The molecule has 2 fully saturated rings. The third-order valence-corrected chi connectivity index (χ3v) is 4.55. The van der Waals surface area contributed by atoms with E-state index in [9.17, 15) is 14.0 Å². The second kappa shape index (κ2) is 6.66. The van der Waals surface area contributed by atoms with Gasteiger partial charge in [0.1, 0.15) is 11.9 Å². The molecule has 6 heteroatoms. The van der Waals surface area contributed by atoms with E-state index < -0.39 is 12.1 Å². The molecule has 2 aliphatic rings. The Hall–Kier alpha value is -1.95. The number of halogens is 1. The first-order valence-corrected chi connectivity index (χ1v) is 8.13. The first-order valence-electron chi connectivity index (χ1n) is 8.13. The van der Waals surface area contributed by atoms with Crippen molar-refractivity contribution in [3.05, 3.63) is 35.6 Å². The Labute approximate surface area is 135 Å². The van der Waals surface area contributed by atoms with E-state index in [2.05, 4.69) is 5.32 Å². The van der Waals surface area contributed by atoms with Crippen molar-refractivity contribution >= 4 is 11.8 Å². The zero-order valence-corrected chi connectivity index (χ0v) is 13.0. The average Bonchev–Trinajstić information content (AvgIpc) is 3.35. The molecule has 23 heavy (non-hydrogen) atoms. The van der Waals surface area contributed by atoms with E-state index in [4.69, 9.17) is 5.73 Å². The second-order valence-corrected chi connectivity index (χ2v) is 6.45. The Morgan fingerprint density at radius 1 is 1.35 bits per heavy atom. The number of rotatable bonds is 5. The lowest BCUT2D eigenvalue weighted by Gasteiger charge is -2.36. The Balaban J connectivity index is 1.66. The maximum absolute atomic E-state index is 12.9. The number of hydrogen-bond acceptors (Lipinski definition) is 3. The molecule has 1 saturated heterocycles. The van der Waals surface area contributed by atoms with Crippen LogP contribution in [0, 0.1) is 11.7 Å². The molecule has 2 unspecified atom stereocenters. The number of nitrogens with one attached hydrogen (secondary N) is 1. The summed E-state index contributed by atoms with van der Waals surface area (Å²) in [5, 5.41) is 2.83. The number of nitrogens with zero attached hydrogens (tertiary/aromatic N) is 1. The van der Waals surface area contributed by atoms with E-state index in [0.29, 0.717) is 25.4 Å². The molecule has 3 N–H and O–H groups in total. The quantitative estimate of drug-likeness (QED) is 0.844. The predicted octanol–water partition coefficient (Wildman–Crippen LogP) is 0.823. The number of hydrogen-bond donors (Lipinski definition) is 2. The number of benzene rings is 1. The van der Waals surface area contributed by atoms with Crippen LogP contribution in [0.1, 0.15) is 24.8 Å². The molecular formula is C17H22FN3O2. The van der Waals surface area contributed by atoms with Crippen LogP contribution in [-0.4, -0.2) is 41.9 Å². The normalized spacial score (nSPS) is 22.6. The maximum atomic E-state index is 12.9. The van der Waals surface area contributed by atoms with Crippen LogP contribution in [0.15, 0.2) is 24.3 Å². The molecule has 1 aliphatic heterocycles. The third kappa shape index (κ3) is 3.88. The van der Waals surface area contributed by atoms with Crippen LogP contribution in [0.3, 0.4) is 0 Å².